The van der Waals surface area contributed by atoms with Crippen LogP contribution in [0.4, 0.5) is 0 Å². The van der Waals surface area contributed by atoms with Crippen LogP contribution in [0.25, 0.3) is 11.1 Å². The highest BCUT2D eigenvalue weighted by molar-refractivity contribution is 7.17. The molecule has 23 heavy (non-hydrogen) atoms. The predicted molar refractivity (Wildman–Crippen MR) is 97.5 cm³/mol. The Bertz CT molecular complexity index is 706. The first-order valence-corrected chi connectivity index (χ1v) is 8.61. The van der Waals surface area contributed by atoms with Crippen LogP contribution in [0.3, 0.4) is 0 Å². The summed E-state index contributed by atoms with van der Waals surface area (Å²) in [6.45, 7) is 13.3. The van der Waals surface area contributed by atoms with Gasteiger partial charge in [0.1, 0.15) is 5.75 Å². The minimum Gasteiger partial charge on any atom is -0.407 e. The average Bonchev–Trinajstić information content (AvgIpc) is 2.46. The number of benzene rings is 2. The quantitative estimate of drug-likeness (QED) is 0.598. The fourth-order valence-corrected chi connectivity index (χ4v) is 2.91. The van der Waals surface area contributed by atoms with Crippen molar-refractivity contribution >= 4 is 8.69 Å². The second-order valence-electron chi connectivity index (χ2n) is 7.92. The van der Waals surface area contributed by atoms with E-state index in [4.69, 9.17) is 4.52 Å². The second kappa shape index (κ2) is 6.45. The van der Waals surface area contributed by atoms with Gasteiger partial charge in [-0.05, 0) is 33.6 Å². The van der Waals surface area contributed by atoms with Crippen LogP contribution in [0.5, 0.6) is 5.75 Å². The van der Waals surface area contributed by atoms with E-state index < -0.39 is 0 Å². The number of rotatable bonds is 3. The molecule has 2 rings (SSSR count). The van der Waals surface area contributed by atoms with Gasteiger partial charge in [0.2, 0.25) is 0 Å². The van der Waals surface area contributed by atoms with Crippen LogP contribution in [0, 0.1) is 0 Å². The monoisotopic (exact) mass is 328 g/mol. The first-order valence-electron chi connectivity index (χ1n) is 7.88. The van der Waals surface area contributed by atoms with E-state index in [0.717, 1.165) is 11.1 Å². The van der Waals surface area contributed by atoms with Crippen LogP contribution in [0.15, 0.2) is 42.5 Å². The zero-order valence-electron chi connectivity index (χ0n) is 14.8. The Morgan fingerprint density at radius 1 is 0.826 bits per heavy atom. The van der Waals surface area contributed by atoms with E-state index in [0.29, 0.717) is 5.75 Å². The van der Waals surface area contributed by atoms with Crippen molar-refractivity contribution in [1.82, 2.24) is 0 Å². The van der Waals surface area contributed by atoms with Gasteiger partial charge in [0.25, 0.3) is 0 Å². The molecule has 0 aliphatic carbocycles. The first kappa shape index (κ1) is 17.7. The minimum absolute atomic E-state index is 0.00111. The Hall–Kier alpha value is -1.66. The molecule has 0 unspecified atom stereocenters. The highest BCUT2D eigenvalue weighted by Gasteiger charge is 2.23. The van der Waals surface area contributed by atoms with Crippen molar-refractivity contribution in [3.05, 3.63) is 53.6 Å². The van der Waals surface area contributed by atoms with Gasteiger partial charge in [-0.3, -0.25) is 0 Å². The fourth-order valence-electron chi connectivity index (χ4n) is 2.68. The van der Waals surface area contributed by atoms with Gasteiger partial charge in [0.05, 0.1) is 0 Å². The molecule has 0 saturated heterocycles. The molecule has 0 amide bonds. The molecule has 0 saturated carbocycles. The molecule has 0 spiro atoms. The molecular formula is C20H25O2P. The maximum Gasteiger partial charge on any atom is 0.395 e. The summed E-state index contributed by atoms with van der Waals surface area (Å²) in [6.07, 6.45) is 0. The summed E-state index contributed by atoms with van der Waals surface area (Å²) in [5.74, 6) is 0.637. The first-order chi connectivity index (χ1) is 10.6. The average molecular weight is 328 g/mol. The molecule has 0 fully saturated rings. The van der Waals surface area contributed by atoms with Crippen molar-refractivity contribution in [3.8, 4) is 16.9 Å². The molecule has 2 aromatic carbocycles. The van der Waals surface area contributed by atoms with Crippen molar-refractivity contribution in [2.24, 2.45) is 0 Å². The van der Waals surface area contributed by atoms with Crippen LogP contribution < -0.4 is 4.52 Å². The molecule has 0 atom stereocenters. The maximum absolute atomic E-state index is 10.9. The molecule has 0 radical (unpaired) electrons. The van der Waals surface area contributed by atoms with Gasteiger partial charge in [-0.25, -0.2) is 4.57 Å². The molecule has 0 aromatic heterocycles. The highest BCUT2D eigenvalue weighted by atomic mass is 31.1. The predicted octanol–water partition coefficient (Wildman–Crippen LogP) is 6.53. The molecule has 0 aliphatic rings. The third kappa shape index (κ3) is 4.00. The van der Waals surface area contributed by atoms with Gasteiger partial charge in [-0.15, -0.1) is 0 Å². The Labute approximate surface area is 141 Å². The van der Waals surface area contributed by atoms with Crippen LogP contribution in [0.2, 0.25) is 0 Å². The van der Waals surface area contributed by atoms with E-state index in [1.54, 1.807) is 0 Å². The molecule has 0 aliphatic heterocycles. The largest absolute Gasteiger partial charge is 0.407 e. The molecule has 2 nitrogen and oxygen atoms in total. The van der Waals surface area contributed by atoms with Crippen molar-refractivity contribution < 1.29 is 9.09 Å². The normalized spacial score (nSPS) is 12.4. The Morgan fingerprint density at radius 2 is 1.48 bits per heavy atom. The van der Waals surface area contributed by atoms with Gasteiger partial charge in [-0.2, -0.15) is 0 Å². The van der Waals surface area contributed by atoms with Crippen molar-refractivity contribution in [3.63, 3.8) is 0 Å². The lowest BCUT2D eigenvalue weighted by Crippen LogP contribution is -2.17. The lowest BCUT2D eigenvalue weighted by Gasteiger charge is -2.28. The fraction of sp³-hybridized carbons (Fsp3) is 0.400. The SMILES string of the molecule is CC(C)(C)c1ccc(-c2ccccc2OP=O)c(C(C)(C)C)c1. The van der Waals surface area contributed by atoms with E-state index in [1.807, 2.05) is 24.3 Å². The lowest BCUT2D eigenvalue weighted by molar-refractivity contribution is 0.525. The number of para-hydroxylation sites is 1. The molecule has 0 bridgehead atoms. The van der Waals surface area contributed by atoms with Gasteiger partial charge in [0.15, 0.2) is 0 Å². The third-order valence-electron chi connectivity index (χ3n) is 4.01. The standard InChI is InChI=1S/C20H25O2P/c1-19(2,3)14-11-12-15(17(13-14)20(4,5)6)16-9-7-8-10-18(16)22-23-21/h7-13H,1-6H3. The molecule has 3 heteroatoms. The van der Waals surface area contributed by atoms with E-state index in [2.05, 4.69) is 59.7 Å². The number of hydrogen-bond donors (Lipinski definition) is 0. The second-order valence-corrected chi connectivity index (χ2v) is 8.25. The van der Waals surface area contributed by atoms with E-state index in [-0.39, 0.29) is 19.5 Å². The van der Waals surface area contributed by atoms with Gasteiger partial charge >= 0.3 is 8.69 Å². The van der Waals surface area contributed by atoms with Crippen LogP contribution in [-0.4, -0.2) is 0 Å². The van der Waals surface area contributed by atoms with Crippen molar-refractivity contribution in [2.75, 3.05) is 0 Å². The van der Waals surface area contributed by atoms with Crippen molar-refractivity contribution in [2.45, 2.75) is 52.4 Å². The van der Waals surface area contributed by atoms with Gasteiger partial charge in [-0.1, -0.05) is 77.9 Å². The molecule has 0 heterocycles. The van der Waals surface area contributed by atoms with E-state index >= 15 is 0 Å². The zero-order valence-corrected chi connectivity index (χ0v) is 15.7. The minimum atomic E-state index is -0.334. The molecule has 122 valence electrons. The Balaban J connectivity index is 2.70. The Kier molecular flexibility index (Phi) is 4.96. The number of hydrogen-bond acceptors (Lipinski definition) is 2. The van der Waals surface area contributed by atoms with E-state index in [9.17, 15) is 4.57 Å². The summed E-state index contributed by atoms with van der Waals surface area (Å²) in [7, 11) is -0.334. The molecular weight excluding hydrogens is 303 g/mol. The van der Waals surface area contributed by atoms with Crippen LogP contribution in [-0.2, 0) is 15.4 Å². The Morgan fingerprint density at radius 3 is 2.04 bits per heavy atom. The summed E-state index contributed by atoms with van der Waals surface area (Å²) in [5, 5.41) is 0. The zero-order chi connectivity index (χ0) is 17.3. The summed E-state index contributed by atoms with van der Waals surface area (Å²) >= 11 is 0. The third-order valence-corrected chi connectivity index (χ3v) is 4.28. The summed E-state index contributed by atoms with van der Waals surface area (Å²) in [5.41, 5.74) is 4.78. The van der Waals surface area contributed by atoms with Crippen LogP contribution >= 0.6 is 8.69 Å². The maximum atomic E-state index is 10.9. The molecule has 2 aromatic rings. The topological polar surface area (TPSA) is 26.3 Å². The summed E-state index contributed by atoms with van der Waals surface area (Å²) in [4.78, 5) is 0. The highest BCUT2D eigenvalue weighted by Crippen LogP contribution is 2.40. The van der Waals surface area contributed by atoms with E-state index in [1.165, 1.54) is 11.1 Å². The van der Waals surface area contributed by atoms with Gasteiger partial charge in [0, 0.05) is 5.56 Å². The summed E-state index contributed by atoms with van der Waals surface area (Å²) in [6, 6.07) is 14.4. The molecule has 0 N–H and O–H groups in total. The smallest absolute Gasteiger partial charge is 0.395 e. The summed E-state index contributed by atoms with van der Waals surface area (Å²) < 4.78 is 16.2. The van der Waals surface area contributed by atoms with Crippen LogP contribution in [0.1, 0.15) is 52.7 Å². The lowest BCUT2D eigenvalue weighted by atomic mass is 9.77. The van der Waals surface area contributed by atoms with Gasteiger partial charge < -0.3 is 4.52 Å². The van der Waals surface area contributed by atoms with Crippen molar-refractivity contribution in [1.29, 1.82) is 0 Å².